The van der Waals surface area contributed by atoms with E-state index in [4.69, 9.17) is 0 Å². The second-order valence-corrected chi connectivity index (χ2v) is 15.9. The average molecular weight is 503 g/mol. The van der Waals surface area contributed by atoms with E-state index in [0.717, 1.165) is 0 Å². The molecule has 4 aromatic rings. The lowest BCUT2D eigenvalue weighted by Crippen LogP contribution is -2.47. The Kier molecular flexibility index (Phi) is 5.61. The monoisotopic (exact) mass is 502 g/mol. The van der Waals surface area contributed by atoms with Crippen LogP contribution < -0.4 is 0 Å². The van der Waals surface area contributed by atoms with Gasteiger partial charge in [0.25, 0.3) is 0 Å². The molecule has 1 unspecified atom stereocenters. The molecule has 0 nitrogen and oxygen atoms in total. The summed E-state index contributed by atoms with van der Waals surface area (Å²) >= 11 is 3.87. The summed E-state index contributed by atoms with van der Waals surface area (Å²) in [5, 5.41) is 0.480. The van der Waals surface area contributed by atoms with E-state index in [1.165, 1.54) is 39.2 Å². The minimum absolute atomic E-state index is 0.0109. The van der Waals surface area contributed by atoms with Crippen LogP contribution >= 0.6 is 23.5 Å². The smallest absolute Gasteiger partial charge is 0.0795 e. The molecule has 0 bridgehead atoms. The zero-order valence-corrected chi connectivity index (χ0v) is 22.2. The first-order valence-corrected chi connectivity index (χ1v) is 15.4. The lowest BCUT2D eigenvalue weighted by Gasteiger charge is -2.34. The van der Waals surface area contributed by atoms with Crippen LogP contribution in [0, 0.1) is 0 Å². The molecule has 2 aliphatic rings. The summed E-state index contributed by atoms with van der Waals surface area (Å²) in [4.78, 5) is 11.7. The van der Waals surface area contributed by atoms with Crippen molar-refractivity contribution >= 4 is 45.3 Å². The summed E-state index contributed by atoms with van der Waals surface area (Å²) in [5.41, 5.74) is 0. The number of benzene rings is 4. The van der Waals surface area contributed by atoms with Gasteiger partial charge in [0.15, 0.2) is 29.6 Å². The first-order chi connectivity index (χ1) is 16.1. The molecule has 4 aromatic carbocycles. The van der Waals surface area contributed by atoms with Gasteiger partial charge in [-0.3, -0.25) is 0 Å². The van der Waals surface area contributed by atoms with Gasteiger partial charge in [0.05, 0.1) is 41.4 Å². The molecule has 0 N–H and O–H groups in total. The van der Waals surface area contributed by atoms with Crippen LogP contribution in [0.2, 0.25) is 0 Å². The molecule has 0 aliphatic carbocycles. The van der Waals surface area contributed by atoms with Gasteiger partial charge in [-0.05, 0) is 69.3 Å². The van der Waals surface area contributed by atoms with Crippen LogP contribution in [0.5, 0.6) is 0 Å². The molecule has 0 saturated carbocycles. The van der Waals surface area contributed by atoms with E-state index in [1.807, 2.05) is 23.5 Å². The third-order valence-electron chi connectivity index (χ3n) is 6.61. The molecule has 0 radical (unpaired) electrons. The van der Waals surface area contributed by atoms with Crippen LogP contribution in [0.4, 0.5) is 0 Å². The molecule has 4 heteroatoms. The van der Waals surface area contributed by atoms with Crippen LogP contribution in [0.15, 0.2) is 136 Å². The van der Waals surface area contributed by atoms with Crippen LogP contribution in [-0.2, 0) is 21.8 Å². The summed E-state index contributed by atoms with van der Waals surface area (Å²) in [6.07, 6.45) is 0. The maximum atomic E-state index is 2.52. The summed E-state index contributed by atoms with van der Waals surface area (Å²) in [5.74, 6) is 0. The van der Waals surface area contributed by atoms with Gasteiger partial charge in [0.1, 0.15) is 0 Å². The Morgan fingerprint density at radius 1 is 0.545 bits per heavy atom. The third kappa shape index (κ3) is 3.58. The first-order valence-electron chi connectivity index (χ1n) is 11.2. The SMILES string of the molecule is CC([S+]1c2ccccc2Sc2ccccc21)C(C)(C)[S+]1c2ccccc2Sc2ccccc21. The molecule has 0 fully saturated rings. The molecular weight excluding hydrogens is 477 g/mol. The normalized spacial score (nSPS) is 16.3. The lowest BCUT2D eigenvalue weighted by molar-refractivity contribution is 0.677. The van der Waals surface area contributed by atoms with Crippen molar-refractivity contribution in [1.29, 1.82) is 0 Å². The Hall–Kier alpha value is -1.72. The van der Waals surface area contributed by atoms with E-state index in [1.54, 1.807) is 0 Å². The maximum Gasteiger partial charge on any atom is 0.180 e. The molecule has 0 spiro atoms. The molecule has 6 rings (SSSR count). The van der Waals surface area contributed by atoms with E-state index < -0.39 is 0 Å². The first kappa shape index (κ1) is 21.8. The fourth-order valence-corrected chi connectivity index (χ4v) is 13.8. The van der Waals surface area contributed by atoms with Crippen molar-refractivity contribution in [3.8, 4) is 0 Å². The largest absolute Gasteiger partial charge is 0.180 e. The zero-order chi connectivity index (χ0) is 22.6. The molecule has 33 heavy (non-hydrogen) atoms. The number of hydrogen-bond acceptors (Lipinski definition) is 2. The second-order valence-electron chi connectivity index (χ2n) is 8.88. The van der Waals surface area contributed by atoms with Crippen molar-refractivity contribution in [2.45, 2.75) is 69.9 Å². The van der Waals surface area contributed by atoms with E-state index in [0.29, 0.717) is 5.25 Å². The van der Waals surface area contributed by atoms with E-state index in [-0.39, 0.29) is 26.5 Å². The molecule has 2 heterocycles. The fraction of sp³-hybridized carbons (Fsp3) is 0.172. The number of hydrogen-bond donors (Lipinski definition) is 0. The quantitative estimate of drug-likeness (QED) is 0.257. The Morgan fingerprint density at radius 3 is 1.30 bits per heavy atom. The lowest BCUT2D eigenvalue weighted by atomic mass is 10.1. The van der Waals surface area contributed by atoms with Crippen molar-refractivity contribution in [3.63, 3.8) is 0 Å². The Balaban J connectivity index is 1.52. The van der Waals surface area contributed by atoms with E-state index in [9.17, 15) is 0 Å². The van der Waals surface area contributed by atoms with Gasteiger partial charge in [-0.2, -0.15) is 0 Å². The standard InChI is InChI=1S/C29H26S4/c1-20(32-25-16-8-4-12-21(25)30-22-13-5-9-17-26(22)32)29(2,3)33-27-18-10-6-14-23(27)31-24-15-7-11-19-28(24)33/h4-20H,1-3H3/q+2. The third-order valence-corrected chi connectivity index (χ3v) is 15.5. The summed E-state index contributed by atoms with van der Waals surface area (Å²) in [6, 6.07) is 36.3. The summed E-state index contributed by atoms with van der Waals surface area (Å²) in [7, 11) is 0.00437. The predicted molar refractivity (Wildman–Crippen MR) is 145 cm³/mol. The highest BCUT2D eigenvalue weighted by molar-refractivity contribution is 8.06. The molecule has 2 aliphatic heterocycles. The Morgan fingerprint density at radius 2 is 0.879 bits per heavy atom. The van der Waals surface area contributed by atoms with E-state index >= 15 is 0 Å². The number of rotatable bonds is 3. The maximum absolute atomic E-state index is 2.52. The minimum atomic E-state index is -0.0109. The van der Waals surface area contributed by atoms with Gasteiger partial charge in [-0.25, -0.2) is 0 Å². The van der Waals surface area contributed by atoms with Gasteiger partial charge < -0.3 is 0 Å². The van der Waals surface area contributed by atoms with Crippen molar-refractivity contribution in [1.82, 2.24) is 0 Å². The zero-order valence-electron chi connectivity index (χ0n) is 18.9. The van der Waals surface area contributed by atoms with Crippen LogP contribution in [-0.4, -0.2) is 10.00 Å². The van der Waals surface area contributed by atoms with Crippen LogP contribution in [0.1, 0.15) is 20.8 Å². The highest BCUT2D eigenvalue weighted by Gasteiger charge is 2.58. The molecule has 164 valence electrons. The molecule has 1 atom stereocenters. The van der Waals surface area contributed by atoms with Gasteiger partial charge in [-0.1, -0.05) is 72.1 Å². The summed E-state index contributed by atoms with van der Waals surface area (Å²) in [6.45, 7) is 7.54. The fourth-order valence-electron chi connectivity index (χ4n) is 4.71. The van der Waals surface area contributed by atoms with Crippen LogP contribution in [0.3, 0.4) is 0 Å². The van der Waals surface area contributed by atoms with Gasteiger partial charge in [0.2, 0.25) is 0 Å². The topological polar surface area (TPSA) is 0 Å². The highest BCUT2D eigenvalue weighted by atomic mass is 32.2. The Bertz CT molecular complexity index is 1250. The summed E-state index contributed by atoms with van der Waals surface area (Å²) < 4.78 is 0.0819. The van der Waals surface area contributed by atoms with Gasteiger partial charge >= 0.3 is 0 Å². The van der Waals surface area contributed by atoms with Crippen LogP contribution in [0.25, 0.3) is 0 Å². The van der Waals surface area contributed by atoms with E-state index in [2.05, 4.69) is 118 Å². The van der Waals surface area contributed by atoms with Crippen molar-refractivity contribution in [3.05, 3.63) is 97.1 Å². The molecule has 0 amide bonds. The predicted octanol–water partition coefficient (Wildman–Crippen LogP) is 8.56. The minimum Gasteiger partial charge on any atom is -0.0795 e. The van der Waals surface area contributed by atoms with Gasteiger partial charge in [0, 0.05) is 0 Å². The average Bonchev–Trinajstić information content (AvgIpc) is 2.85. The number of fused-ring (bicyclic) bond motifs is 4. The van der Waals surface area contributed by atoms with Crippen molar-refractivity contribution in [2.75, 3.05) is 0 Å². The van der Waals surface area contributed by atoms with Gasteiger partial charge in [-0.15, -0.1) is 0 Å². The second kappa shape index (κ2) is 8.49. The molecular formula is C29H26S4+2. The van der Waals surface area contributed by atoms with Crippen molar-refractivity contribution < 1.29 is 0 Å². The molecule has 0 aromatic heterocycles. The highest BCUT2D eigenvalue weighted by Crippen LogP contribution is 2.54. The molecule has 0 saturated heterocycles. The van der Waals surface area contributed by atoms with Crippen molar-refractivity contribution in [2.24, 2.45) is 0 Å². The Labute approximate surface area is 211 Å².